The fraction of sp³-hybridized carbons (Fsp3) is 0.300. The highest BCUT2D eigenvalue weighted by molar-refractivity contribution is 5.97. The maximum Gasteiger partial charge on any atom is 0.337 e. The van der Waals surface area contributed by atoms with E-state index in [9.17, 15) is 9.59 Å². The maximum absolute atomic E-state index is 12.5. The van der Waals surface area contributed by atoms with Crippen LogP contribution in [-0.4, -0.2) is 25.1 Å². The fourth-order valence-electron chi connectivity index (χ4n) is 2.31. The van der Waals surface area contributed by atoms with Crippen LogP contribution in [0.15, 0.2) is 36.4 Å². The van der Waals surface area contributed by atoms with Gasteiger partial charge in [-0.15, -0.1) is 0 Å². The van der Waals surface area contributed by atoms with E-state index in [0.717, 1.165) is 16.7 Å². The van der Waals surface area contributed by atoms with Gasteiger partial charge >= 0.3 is 5.97 Å². The molecule has 132 valence electrons. The summed E-state index contributed by atoms with van der Waals surface area (Å²) in [6, 6.07) is 10.9. The highest BCUT2D eigenvalue weighted by Crippen LogP contribution is 2.22. The first-order valence-corrected chi connectivity index (χ1v) is 8.05. The van der Waals surface area contributed by atoms with Crippen molar-refractivity contribution in [2.24, 2.45) is 0 Å². The lowest BCUT2D eigenvalue weighted by molar-refractivity contribution is -0.122. The molecule has 0 radical (unpaired) electrons. The average Bonchev–Trinajstić information content (AvgIpc) is 2.59. The molecule has 0 heterocycles. The Morgan fingerprint density at radius 2 is 1.68 bits per heavy atom. The highest BCUT2D eigenvalue weighted by Gasteiger charge is 2.18. The number of carbonyl (C=O) groups excluding carboxylic acids is 2. The van der Waals surface area contributed by atoms with Crippen molar-refractivity contribution in [1.82, 2.24) is 0 Å². The fourth-order valence-corrected chi connectivity index (χ4v) is 2.31. The number of ether oxygens (including phenoxy) is 2. The largest absolute Gasteiger partial charge is 0.481 e. The number of hydrogen-bond donors (Lipinski definition) is 1. The van der Waals surface area contributed by atoms with Crippen LogP contribution in [0.5, 0.6) is 5.75 Å². The van der Waals surface area contributed by atoms with E-state index >= 15 is 0 Å². The molecule has 0 unspecified atom stereocenters. The van der Waals surface area contributed by atoms with Gasteiger partial charge in [0.1, 0.15) is 5.75 Å². The van der Waals surface area contributed by atoms with E-state index in [1.54, 1.807) is 25.1 Å². The molecule has 0 saturated heterocycles. The molecule has 0 spiro atoms. The zero-order valence-electron chi connectivity index (χ0n) is 15.2. The summed E-state index contributed by atoms with van der Waals surface area (Å²) in [6.45, 7) is 7.45. The number of rotatable bonds is 5. The summed E-state index contributed by atoms with van der Waals surface area (Å²) in [5, 5.41) is 2.81. The minimum absolute atomic E-state index is 0.286. The van der Waals surface area contributed by atoms with Crippen molar-refractivity contribution < 1.29 is 19.1 Å². The monoisotopic (exact) mass is 341 g/mol. The van der Waals surface area contributed by atoms with Crippen LogP contribution in [0.1, 0.15) is 34.0 Å². The minimum Gasteiger partial charge on any atom is -0.481 e. The lowest BCUT2D eigenvalue weighted by atomic mass is 10.1. The van der Waals surface area contributed by atoms with Crippen molar-refractivity contribution >= 4 is 17.6 Å². The summed E-state index contributed by atoms with van der Waals surface area (Å²) >= 11 is 0. The molecule has 0 saturated carbocycles. The first-order valence-electron chi connectivity index (χ1n) is 8.05. The molecule has 1 amide bonds. The van der Waals surface area contributed by atoms with Crippen LogP contribution in [0.4, 0.5) is 5.69 Å². The average molecular weight is 341 g/mol. The third-order valence-corrected chi connectivity index (χ3v) is 3.93. The van der Waals surface area contributed by atoms with Gasteiger partial charge in [-0.25, -0.2) is 4.79 Å². The van der Waals surface area contributed by atoms with E-state index < -0.39 is 12.1 Å². The third-order valence-electron chi connectivity index (χ3n) is 3.93. The molecule has 1 atom stereocenters. The number of methoxy groups -OCH3 is 1. The first kappa shape index (κ1) is 18.5. The second-order valence-corrected chi connectivity index (χ2v) is 6.04. The standard InChI is InChI=1S/C20H23NO4/c1-12-6-7-14(3)18(10-12)25-15(4)19(22)21-17-11-16(20(23)24-5)9-8-13(17)2/h6-11,15H,1-5H3,(H,21,22)/t15-/m0/s1. The van der Waals surface area contributed by atoms with Gasteiger partial charge < -0.3 is 14.8 Å². The molecule has 0 aromatic heterocycles. The summed E-state index contributed by atoms with van der Waals surface area (Å²) in [5.74, 6) is -0.0520. The minimum atomic E-state index is -0.679. The summed E-state index contributed by atoms with van der Waals surface area (Å²) in [6.07, 6.45) is -0.679. The Morgan fingerprint density at radius 1 is 1.00 bits per heavy atom. The summed E-state index contributed by atoms with van der Waals surface area (Å²) in [5.41, 5.74) is 3.82. The van der Waals surface area contributed by atoms with Crippen LogP contribution in [0, 0.1) is 20.8 Å². The Bertz CT molecular complexity index is 798. The third kappa shape index (κ3) is 4.59. The Labute approximate surface area is 148 Å². The van der Waals surface area contributed by atoms with Gasteiger partial charge in [-0.2, -0.15) is 0 Å². The molecule has 0 bridgehead atoms. The van der Waals surface area contributed by atoms with Gasteiger partial charge in [0.05, 0.1) is 12.7 Å². The van der Waals surface area contributed by atoms with Crippen molar-refractivity contribution in [3.05, 3.63) is 58.7 Å². The van der Waals surface area contributed by atoms with Crippen molar-refractivity contribution in [3.8, 4) is 5.75 Å². The quantitative estimate of drug-likeness (QED) is 0.840. The summed E-state index contributed by atoms with van der Waals surface area (Å²) < 4.78 is 10.5. The summed E-state index contributed by atoms with van der Waals surface area (Å²) in [4.78, 5) is 24.1. The van der Waals surface area contributed by atoms with E-state index in [2.05, 4.69) is 5.32 Å². The first-order chi connectivity index (χ1) is 11.8. The number of nitrogens with one attached hydrogen (secondary N) is 1. The van der Waals surface area contributed by atoms with E-state index in [1.165, 1.54) is 7.11 Å². The zero-order valence-corrected chi connectivity index (χ0v) is 15.2. The van der Waals surface area contributed by atoms with Gasteiger partial charge in [-0.3, -0.25) is 4.79 Å². The predicted molar refractivity (Wildman–Crippen MR) is 97.2 cm³/mol. The van der Waals surface area contributed by atoms with Gasteiger partial charge in [0.15, 0.2) is 6.10 Å². The Balaban J connectivity index is 2.13. The van der Waals surface area contributed by atoms with Gasteiger partial charge in [0.25, 0.3) is 5.91 Å². The van der Waals surface area contributed by atoms with Gasteiger partial charge in [0, 0.05) is 5.69 Å². The molecule has 2 aromatic carbocycles. The Kier molecular flexibility index (Phi) is 5.80. The molecule has 1 N–H and O–H groups in total. The van der Waals surface area contributed by atoms with Crippen molar-refractivity contribution in [3.63, 3.8) is 0 Å². The molecule has 0 aliphatic carbocycles. The number of carbonyl (C=O) groups is 2. The number of esters is 1. The molecule has 0 fully saturated rings. The van der Waals surface area contributed by atoms with Crippen LogP contribution in [0.3, 0.4) is 0 Å². The molecule has 5 heteroatoms. The number of hydrogen-bond acceptors (Lipinski definition) is 4. The number of anilines is 1. The number of amides is 1. The van der Waals surface area contributed by atoms with Crippen LogP contribution >= 0.6 is 0 Å². The topological polar surface area (TPSA) is 64.6 Å². The molecular formula is C20H23NO4. The van der Waals surface area contributed by atoms with Crippen molar-refractivity contribution in [2.75, 3.05) is 12.4 Å². The van der Waals surface area contributed by atoms with Crippen LogP contribution in [0.2, 0.25) is 0 Å². The molecule has 2 rings (SSSR count). The molecular weight excluding hydrogens is 318 g/mol. The molecule has 25 heavy (non-hydrogen) atoms. The van der Waals surface area contributed by atoms with E-state index in [4.69, 9.17) is 9.47 Å². The number of aryl methyl sites for hydroxylation is 3. The second-order valence-electron chi connectivity index (χ2n) is 6.04. The molecule has 0 aliphatic heterocycles. The van der Waals surface area contributed by atoms with Gasteiger partial charge in [0.2, 0.25) is 0 Å². The van der Waals surface area contributed by atoms with E-state index in [1.807, 2.05) is 39.0 Å². The van der Waals surface area contributed by atoms with Crippen LogP contribution in [0.25, 0.3) is 0 Å². The lowest BCUT2D eigenvalue weighted by Crippen LogP contribution is -2.30. The lowest BCUT2D eigenvalue weighted by Gasteiger charge is -2.17. The van der Waals surface area contributed by atoms with E-state index in [0.29, 0.717) is 17.0 Å². The van der Waals surface area contributed by atoms with Crippen molar-refractivity contribution in [2.45, 2.75) is 33.8 Å². The molecule has 0 aliphatic rings. The van der Waals surface area contributed by atoms with Gasteiger partial charge in [-0.1, -0.05) is 18.2 Å². The second kappa shape index (κ2) is 7.83. The highest BCUT2D eigenvalue weighted by atomic mass is 16.5. The zero-order chi connectivity index (χ0) is 18.6. The maximum atomic E-state index is 12.5. The predicted octanol–water partition coefficient (Wildman–Crippen LogP) is 3.80. The van der Waals surface area contributed by atoms with Crippen LogP contribution in [-0.2, 0) is 9.53 Å². The van der Waals surface area contributed by atoms with E-state index in [-0.39, 0.29) is 5.91 Å². The smallest absolute Gasteiger partial charge is 0.337 e. The number of benzene rings is 2. The normalized spacial score (nSPS) is 11.6. The molecule has 2 aromatic rings. The SMILES string of the molecule is COC(=O)c1ccc(C)c(NC(=O)[C@H](C)Oc2cc(C)ccc2C)c1. The van der Waals surface area contributed by atoms with Crippen molar-refractivity contribution in [1.29, 1.82) is 0 Å². The Hall–Kier alpha value is -2.82. The Morgan fingerprint density at radius 3 is 2.36 bits per heavy atom. The summed E-state index contributed by atoms with van der Waals surface area (Å²) in [7, 11) is 1.32. The van der Waals surface area contributed by atoms with Gasteiger partial charge in [-0.05, 0) is 62.6 Å². The molecule has 5 nitrogen and oxygen atoms in total. The van der Waals surface area contributed by atoms with Crippen LogP contribution < -0.4 is 10.1 Å².